The number of nitrogens with one attached hydrogen (secondary N) is 2. The molecule has 0 atom stereocenters. The van der Waals surface area contributed by atoms with Crippen molar-refractivity contribution in [3.63, 3.8) is 0 Å². The zero-order valence-corrected chi connectivity index (χ0v) is 7.23. The van der Waals surface area contributed by atoms with Gasteiger partial charge in [-0.15, -0.1) is 0 Å². The third-order valence-electron chi connectivity index (χ3n) is 1.78. The van der Waals surface area contributed by atoms with Gasteiger partial charge in [0.05, 0.1) is 0 Å². The zero-order chi connectivity index (χ0) is 8.27. The molecular weight excluding hydrogens is 136 g/mol. The van der Waals surface area contributed by atoms with Crippen LogP contribution in [0.1, 0.15) is 11.1 Å². The number of hydrogen-bond acceptors (Lipinski definition) is 2. The Morgan fingerprint density at radius 2 is 1.82 bits per heavy atom. The Kier molecular flexibility index (Phi) is 2.49. The molecule has 0 saturated carbocycles. The van der Waals surface area contributed by atoms with Crippen LogP contribution in [0.15, 0.2) is 18.2 Å². The number of anilines is 1. The minimum Gasteiger partial charge on any atom is -0.322 e. The van der Waals surface area contributed by atoms with Crippen LogP contribution in [0.4, 0.5) is 5.69 Å². The van der Waals surface area contributed by atoms with Gasteiger partial charge < -0.3 is 5.43 Å². The first-order chi connectivity index (χ1) is 5.24. The fourth-order valence-electron chi connectivity index (χ4n) is 0.964. The van der Waals surface area contributed by atoms with E-state index in [4.69, 9.17) is 0 Å². The van der Waals surface area contributed by atoms with Crippen molar-refractivity contribution in [3.8, 4) is 0 Å². The van der Waals surface area contributed by atoms with Crippen LogP contribution in [0.5, 0.6) is 0 Å². The van der Waals surface area contributed by atoms with E-state index in [1.54, 1.807) is 0 Å². The van der Waals surface area contributed by atoms with Crippen molar-refractivity contribution < 1.29 is 0 Å². The van der Waals surface area contributed by atoms with Gasteiger partial charge in [-0.3, -0.25) is 0 Å². The second kappa shape index (κ2) is 3.39. The van der Waals surface area contributed by atoms with Gasteiger partial charge >= 0.3 is 0 Å². The number of benzene rings is 1. The quantitative estimate of drug-likeness (QED) is 0.629. The monoisotopic (exact) mass is 150 g/mol. The second-order valence-electron chi connectivity index (χ2n) is 2.67. The van der Waals surface area contributed by atoms with Crippen LogP contribution in [0.25, 0.3) is 0 Å². The van der Waals surface area contributed by atoms with Gasteiger partial charge in [-0.05, 0) is 37.1 Å². The lowest BCUT2D eigenvalue weighted by Gasteiger charge is -2.06. The summed E-state index contributed by atoms with van der Waals surface area (Å²) in [5.74, 6) is 0. The van der Waals surface area contributed by atoms with Gasteiger partial charge in [0.25, 0.3) is 0 Å². The van der Waals surface area contributed by atoms with Gasteiger partial charge in [-0.1, -0.05) is 6.07 Å². The van der Waals surface area contributed by atoms with Crippen LogP contribution in [0.2, 0.25) is 0 Å². The molecule has 0 saturated heterocycles. The molecule has 2 nitrogen and oxygen atoms in total. The van der Waals surface area contributed by atoms with Crippen molar-refractivity contribution in [3.05, 3.63) is 29.3 Å². The lowest BCUT2D eigenvalue weighted by Crippen LogP contribution is -2.14. The molecule has 2 N–H and O–H groups in total. The molecule has 0 unspecified atom stereocenters. The van der Waals surface area contributed by atoms with Crippen molar-refractivity contribution >= 4 is 5.69 Å². The van der Waals surface area contributed by atoms with Gasteiger partial charge in [-0.2, -0.15) is 0 Å². The maximum absolute atomic E-state index is 3.03. The maximum Gasteiger partial charge on any atom is 0.0490 e. The Morgan fingerprint density at radius 3 is 2.36 bits per heavy atom. The highest BCUT2D eigenvalue weighted by atomic mass is 15.3. The summed E-state index contributed by atoms with van der Waals surface area (Å²) in [6.07, 6.45) is 0. The van der Waals surface area contributed by atoms with Crippen molar-refractivity contribution in [2.24, 2.45) is 0 Å². The minimum absolute atomic E-state index is 1.11. The van der Waals surface area contributed by atoms with Crippen LogP contribution in [0, 0.1) is 13.8 Å². The first-order valence-electron chi connectivity index (χ1n) is 3.74. The summed E-state index contributed by atoms with van der Waals surface area (Å²) in [6, 6.07) is 6.28. The lowest BCUT2D eigenvalue weighted by atomic mass is 10.1. The summed E-state index contributed by atoms with van der Waals surface area (Å²) in [4.78, 5) is 0. The molecule has 0 aliphatic rings. The number of hydrogen-bond donors (Lipinski definition) is 2. The molecule has 0 aromatic heterocycles. The molecule has 11 heavy (non-hydrogen) atoms. The number of hydrazine groups is 1. The summed E-state index contributed by atoms with van der Waals surface area (Å²) >= 11 is 0. The van der Waals surface area contributed by atoms with Gasteiger partial charge in [0.15, 0.2) is 0 Å². The summed E-state index contributed by atoms with van der Waals surface area (Å²) in [6.45, 7) is 4.22. The van der Waals surface area contributed by atoms with Gasteiger partial charge in [0.2, 0.25) is 0 Å². The molecule has 60 valence electrons. The fourth-order valence-corrected chi connectivity index (χ4v) is 0.964. The molecule has 0 aliphatic carbocycles. The Balaban J connectivity index is 2.86. The van der Waals surface area contributed by atoms with E-state index in [2.05, 4.69) is 42.9 Å². The lowest BCUT2D eigenvalue weighted by molar-refractivity contribution is 0.983. The third kappa shape index (κ3) is 1.95. The molecule has 0 radical (unpaired) electrons. The van der Waals surface area contributed by atoms with Gasteiger partial charge in [-0.25, -0.2) is 5.43 Å². The number of aryl methyl sites for hydroxylation is 2. The molecular formula is C9H14N2. The highest BCUT2D eigenvalue weighted by Gasteiger charge is 1.92. The van der Waals surface area contributed by atoms with E-state index in [1.807, 2.05) is 7.05 Å². The average Bonchev–Trinajstić information content (AvgIpc) is 1.98. The molecule has 0 heterocycles. The third-order valence-corrected chi connectivity index (χ3v) is 1.78. The van der Waals surface area contributed by atoms with E-state index in [-0.39, 0.29) is 0 Å². The molecule has 0 spiro atoms. The van der Waals surface area contributed by atoms with Crippen molar-refractivity contribution in [1.29, 1.82) is 0 Å². The molecule has 1 aromatic carbocycles. The van der Waals surface area contributed by atoms with Crippen LogP contribution in [0.3, 0.4) is 0 Å². The summed E-state index contributed by atoms with van der Waals surface area (Å²) < 4.78 is 0. The summed E-state index contributed by atoms with van der Waals surface area (Å²) in [5.41, 5.74) is 9.65. The normalized spacial score (nSPS) is 9.73. The van der Waals surface area contributed by atoms with E-state index < -0.39 is 0 Å². The summed E-state index contributed by atoms with van der Waals surface area (Å²) in [7, 11) is 1.86. The first kappa shape index (κ1) is 8.08. The SMILES string of the molecule is CNNc1ccc(C)c(C)c1. The van der Waals surface area contributed by atoms with Crippen LogP contribution in [-0.2, 0) is 0 Å². The number of rotatable bonds is 2. The predicted octanol–water partition coefficient (Wildman–Crippen LogP) is 1.85. The molecule has 2 heteroatoms. The van der Waals surface area contributed by atoms with Gasteiger partial charge in [0, 0.05) is 12.7 Å². The highest BCUT2D eigenvalue weighted by Crippen LogP contribution is 2.12. The van der Waals surface area contributed by atoms with E-state index in [9.17, 15) is 0 Å². The Hall–Kier alpha value is -1.02. The zero-order valence-electron chi connectivity index (χ0n) is 7.23. The van der Waals surface area contributed by atoms with Gasteiger partial charge in [0.1, 0.15) is 0 Å². The topological polar surface area (TPSA) is 24.1 Å². The Morgan fingerprint density at radius 1 is 1.09 bits per heavy atom. The first-order valence-corrected chi connectivity index (χ1v) is 3.74. The fraction of sp³-hybridized carbons (Fsp3) is 0.333. The van der Waals surface area contributed by atoms with E-state index >= 15 is 0 Å². The Labute approximate surface area is 67.6 Å². The maximum atomic E-state index is 3.03. The molecule has 0 fully saturated rings. The minimum atomic E-state index is 1.11. The molecule has 0 amide bonds. The van der Waals surface area contributed by atoms with E-state index in [1.165, 1.54) is 11.1 Å². The van der Waals surface area contributed by atoms with Crippen LogP contribution < -0.4 is 10.9 Å². The Bertz CT molecular complexity index is 243. The largest absolute Gasteiger partial charge is 0.322 e. The van der Waals surface area contributed by atoms with E-state index in [0.717, 1.165) is 5.69 Å². The second-order valence-corrected chi connectivity index (χ2v) is 2.67. The molecule has 1 aromatic rings. The summed E-state index contributed by atoms with van der Waals surface area (Å²) in [5, 5.41) is 0. The smallest absolute Gasteiger partial charge is 0.0490 e. The van der Waals surface area contributed by atoms with Crippen molar-refractivity contribution in [2.45, 2.75) is 13.8 Å². The van der Waals surface area contributed by atoms with Crippen molar-refractivity contribution in [1.82, 2.24) is 5.43 Å². The average molecular weight is 150 g/mol. The molecule has 0 bridgehead atoms. The molecule has 0 aliphatic heterocycles. The molecule has 1 rings (SSSR count). The predicted molar refractivity (Wildman–Crippen MR) is 48.6 cm³/mol. The van der Waals surface area contributed by atoms with Crippen LogP contribution in [-0.4, -0.2) is 7.05 Å². The standard InChI is InChI=1S/C9H14N2/c1-7-4-5-9(11-10-3)6-8(7)2/h4-6,10-11H,1-3H3. The van der Waals surface area contributed by atoms with E-state index in [0.29, 0.717) is 0 Å². The van der Waals surface area contributed by atoms with Crippen molar-refractivity contribution in [2.75, 3.05) is 12.5 Å². The highest BCUT2D eigenvalue weighted by molar-refractivity contribution is 5.47. The van der Waals surface area contributed by atoms with Crippen LogP contribution >= 0.6 is 0 Å².